The van der Waals surface area contributed by atoms with Gasteiger partial charge in [-0.05, 0) is 18.9 Å². The Morgan fingerprint density at radius 3 is 2.75 bits per heavy atom. The number of aromatic nitrogens is 1. The highest BCUT2D eigenvalue weighted by Gasteiger charge is 2.09. The first kappa shape index (κ1) is 12.8. The molecule has 1 aromatic rings. The van der Waals surface area contributed by atoms with Crippen LogP contribution in [0.25, 0.3) is 0 Å². The van der Waals surface area contributed by atoms with E-state index < -0.39 is 0 Å². The highest BCUT2D eigenvalue weighted by molar-refractivity contribution is 5.55. The monoisotopic (exact) mass is 223 g/mol. The average molecular weight is 223 g/mol. The van der Waals surface area contributed by atoms with Gasteiger partial charge in [-0.25, -0.2) is 0 Å². The fraction of sp³-hybridized carbons (Fsp3) is 0.583. The molecule has 0 saturated carbocycles. The standard InChI is InChI=1S/C12H21N3O/c1-8(2)10(13)6-15-11-5-9(3)14-7-12(11)16-4/h5,7-8,10H,6,13H2,1-4H3,(H,14,15). The average Bonchev–Trinajstić information content (AvgIpc) is 2.25. The predicted molar refractivity (Wildman–Crippen MR) is 66.8 cm³/mol. The maximum absolute atomic E-state index is 5.97. The molecule has 0 saturated heterocycles. The molecule has 0 spiro atoms. The first-order chi connectivity index (χ1) is 7.54. The van der Waals surface area contributed by atoms with Gasteiger partial charge in [-0.2, -0.15) is 0 Å². The third-order valence-corrected chi connectivity index (χ3v) is 2.61. The fourth-order valence-corrected chi connectivity index (χ4v) is 1.31. The summed E-state index contributed by atoms with van der Waals surface area (Å²) in [6.07, 6.45) is 1.72. The van der Waals surface area contributed by atoms with Crippen LogP contribution >= 0.6 is 0 Å². The number of nitrogens with two attached hydrogens (primary N) is 1. The van der Waals surface area contributed by atoms with E-state index in [-0.39, 0.29) is 6.04 Å². The predicted octanol–water partition coefficient (Wildman–Crippen LogP) is 1.79. The van der Waals surface area contributed by atoms with Gasteiger partial charge in [0.15, 0.2) is 5.75 Å². The zero-order chi connectivity index (χ0) is 12.1. The largest absolute Gasteiger partial charge is 0.493 e. The van der Waals surface area contributed by atoms with Crippen LogP contribution in [-0.4, -0.2) is 24.7 Å². The Balaban J connectivity index is 2.68. The van der Waals surface area contributed by atoms with E-state index in [1.165, 1.54) is 0 Å². The quantitative estimate of drug-likeness (QED) is 0.799. The van der Waals surface area contributed by atoms with Gasteiger partial charge in [-0.3, -0.25) is 4.98 Å². The molecule has 4 nitrogen and oxygen atoms in total. The van der Waals surface area contributed by atoms with Gasteiger partial charge in [-0.1, -0.05) is 13.8 Å². The van der Waals surface area contributed by atoms with Crippen LogP contribution in [0.1, 0.15) is 19.5 Å². The first-order valence-electron chi connectivity index (χ1n) is 5.54. The Hall–Kier alpha value is -1.29. The summed E-state index contributed by atoms with van der Waals surface area (Å²) in [5, 5.41) is 3.30. The molecule has 3 N–H and O–H groups in total. The minimum atomic E-state index is 0.137. The normalized spacial score (nSPS) is 12.6. The Bertz CT molecular complexity index is 339. The lowest BCUT2D eigenvalue weighted by atomic mass is 10.1. The number of aryl methyl sites for hydroxylation is 1. The third-order valence-electron chi connectivity index (χ3n) is 2.61. The second kappa shape index (κ2) is 5.70. The van der Waals surface area contributed by atoms with E-state index in [4.69, 9.17) is 10.5 Å². The van der Waals surface area contributed by atoms with E-state index in [0.717, 1.165) is 23.7 Å². The molecule has 0 amide bonds. The van der Waals surface area contributed by atoms with Crippen LogP contribution in [0.3, 0.4) is 0 Å². The Morgan fingerprint density at radius 1 is 1.50 bits per heavy atom. The zero-order valence-electron chi connectivity index (χ0n) is 10.4. The van der Waals surface area contributed by atoms with Crippen LogP contribution in [0.4, 0.5) is 5.69 Å². The Labute approximate surface area is 97.2 Å². The molecule has 16 heavy (non-hydrogen) atoms. The molecule has 1 rings (SSSR count). The molecule has 0 bridgehead atoms. The van der Waals surface area contributed by atoms with Crippen LogP contribution in [-0.2, 0) is 0 Å². The van der Waals surface area contributed by atoms with Gasteiger partial charge in [0.05, 0.1) is 19.0 Å². The van der Waals surface area contributed by atoms with Crippen LogP contribution in [0, 0.1) is 12.8 Å². The number of methoxy groups -OCH3 is 1. The number of hydrogen-bond donors (Lipinski definition) is 2. The summed E-state index contributed by atoms with van der Waals surface area (Å²) in [7, 11) is 1.64. The lowest BCUT2D eigenvalue weighted by Crippen LogP contribution is -2.34. The smallest absolute Gasteiger partial charge is 0.160 e. The fourth-order valence-electron chi connectivity index (χ4n) is 1.31. The molecular formula is C12H21N3O. The topological polar surface area (TPSA) is 60.2 Å². The van der Waals surface area contributed by atoms with Crippen LogP contribution < -0.4 is 15.8 Å². The lowest BCUT2D eigenvalue weighted by molar-refractivity contribution is 0.413. The van der Waals surface area contributed by atoms with Crippen molar-refractivity contribution in [1.82, 2.24) is 4.98 Å². The van der Waals surface area contributed by atoms with Crippen molar-refractivity contribution in [2.45, 2.75) is 26.8 Å². The Morgan fingerprint density at radius 2 is 2.19 bits per heavy atom. The molecule has 1 aromatic heterocycles. The summed E-state index contributed by atoms with van der Waals surface area (Å²) in [5.41, 5.74) is 7.88. The van der Waals surface area contributed by atoms with Gasteiger partial charge >= 0.3 is 0 Å². The first-order valence-corrected chi connectivity index (χ1v) is 5.54. The van der Waals surface area contributed by atoms with Gasteiger partial charge in [0.25, 0.3) is 0 Å². The number of nitrogens with zero attached hydrogens (tertiary/aromatic N) is 1. The highest BCUT2D eigenvalue weighted by atomic mass is 16.5. The summed E-state index contributed by atoms with van der Waals surface area (Å²) in [6.45, 7) is 6.91. The van der Waals surface area contributed by atoms with Gasteiger partial charge in [0.2, 0.25) is 0 Å². The molecular weight excluding hydrogens is 202 g/mol. The molecule has 0 aromatic carbocycles. The molecule has 1 atom stereocenters. The molecule has 4 heteroatoms. The summed E-state index contributed by atoms with van der Waals surface area (Å²) in [6, 6.07) is 2.10. The molecule has 0 radical (unpaired) electrons. The van der Waals surface area contributed by atoms with Crippen molar-refractivity contribution >= 4 is 5.69 Å². The second-order valence-corrected chi connectivity index (χ2v) is 4.31. The van der Waals surface area contributed by atoms with Gasteiger partial charge in [0, 0.05) is 18.3 Å². The van der Waals surface area contributed by atoms with Crippen LogP contribution in [0.15, 0.2) is 12.3 Å². The van der Waals surface area contributed by atoms with Gasteiger partial charge in [-0.15, -0.1) is 0 Å². The summed E-state index contributed by atoms with van der Waals surface area (Å²) in [5.74, 6) is 1.21. The van der Waals surface area contributed by atoms with Gasteiger partial charge in [0.1, 0.15) is 0 Å². The molecule has 1 unspecified atom stereocenters. The number of anilines is 1. The summed E-state index contributed by atoms with van der Waals surface area (Å²) in [4.78, 5) is 4.18. The molecule has 0 aliphatic rings. The Kier molecular flexibility index (Phi) is 4.55. The van der Waals surface area contributed by atoms with Crippen molar-refractivity contribution in [3.05, 3.63) is 18.0 Å². The van der Waals surface area contributed by atoms with Gasteiger partial charge < -0.3 is 15.8 Å². The molecule has 0 aliphatic heterocycles. The second-order valence-electron chi connectivity index (χ2n) is 4.31. The summed E-state index contributed by atoms with van der Waals surface area (Å²) >= 11 is 0. The number of pyridine rings is 1. The minimum Gasteiger partial charge on any atom is -0.493 e. The van der Waals surface area contributed by atoms with E-state index in [9.17, 15) is 0 Å². The lowest BCUT2D eigenvalue weighted by Gasteiger charge is -2.18. The molecule has 1 heterocycles. The van der Waals surface area contributed by atoms with E-state index in [0.29, 0.717) is 5.92 Å². The maximum atomic E-state index is 5.97. The molecule has 90 valence electrons. The molecule has 0 aliphatic carbocycles. The van der Waals surface area contributed by atoms with E-state index >= 15 is 0 Å². The third kappa shape index (κ3) is 3.38. The summed E-state index contributed by atoms with van der Waals surface area (Å²) < 4.78 is 5.23. The van der Waals surface area contributed by atoms with Crippen molar-refractivity contribution in [2.75, 3.05) is 19.0 Å². The van der Waals surface area contributed by atoms with Crippen molar-refractivity contribution in [3.8, 4) is 5.75 Å². The van der Waals surface area contributed by atoms with Crippen molar-refractivity contribution < 1.29 is 4.74 Å². The van der Waals surface area contributed by atoms with E-state index in [2.05, 4.69) is 24.1 Å². The van der Waals surface area contributed by atoms with Crippen LogP contribution in [0.2, 0.25) is 0 Å². The number of rotatable bonds is 5. The minimum absolute atomic E-state index is 0.137. The zero-order valence-corrected chi connectivity index (χ0v) is 10.4. The molecule has 0 fully saturated rings. The van der Waals surface area contributed by atoms with E-state index in [1.54, 1.807) is 13.3 Å². The number of ether oxygens (including phenoxy) is 1. The van der Waals surface area contributed by atoms with E-state index in [1.807, 2.05) is 13.0 Å². The van der Waals surface area contributed by atoms with Crippen molar-refractivity contribution in [3.63, 3.8) is 0 Å². The number of nitrogens with one attached hydrogen (secondary N) is 1. The number of hydrogen-bond acceptors (Lipinski definition) is 4. The maximum Gasteiger partial charge on any atom is 0.160 e. The van der Waals surface area contributed by atoms with Crippen molar-refractivity contribution in [1.29, 1.82) is 0 Å². The SMILES string of the molecule is COc1cnc(C)cc1NCC(N)C(C)C. The highest BCUT2D eigenvalue weighted by Crippen LogP contribution is 2.23. The van der Waals surface area contributed by atoms with Crippen molar-refractivity contribution in [2.24, 2.45) is 11.7 Å². The van der Waals surface area contributed by atoms with Crippen LogP contribution in [0.5, 0.6) is 5.75 Å².